The molecule has 114 valence electrons. The van der Waals surface area contributed by atoms with E-state index < -0.39 is 0 Å². The maximum absolute atomic E-state index is 12.4. The molecule has 0 bridgehead atoms. The molecule has 6 nitrogen and oxygen atoms in total. The van der Waals surface area contributed by atoms with Crippen molar-refractivity contribution < 1.29 is 14.3 Å². The fraction of sp³-hybridized carbons (Fsp3) is 0.462. The first-order valence-corrected chi connectivity index (χ1v) is 7.72. The second kappa shape index (κ2) is 7.09. The van der Waals surface area contributed by atoms with Crippen molar-refractivity contribution in [2.45, 2.75) is 6.92 Å². The van der Waals surface area contributed by atoms with Crippen molar-refractivity contribution in [3.05, 3.63) is 27.5 Å². The van der Waals surface area contributed by atoms with Gasteiger partial charge in [-0.2, -0.15) is 0 Å². The number of hydrogen-bond donors (Lipinski definition) is 0. The third-order valence-corrected chi connectivity index (χ3v) is 3.86. The van der Waals surface area contributed by atoms with Crippen LogP contribution in [0.4, 0.5) is 4.79 Å². The van der Waals surface area contributed by atoms with Crippen LogP contribution in [0.5, 0.6) is 0 Å². The van der Waals surface area contributed by atoms with Crippen LogP contribution in [0.15, 0.2) is 16.7 Å². The van der Waals surface area contributed by atoms with Crippen molar-refractivity contribution in [3.63, 3.8) is 0 Å². The van der Waals surface area contributed by atoms with E-state index in [0.717, 1.165) is 0 Å². The van der Waals surface area contributed by atoms with Crippen molar-refractivity contribution in [2.24, 2.45) is 0 Å². The molecule has 1 aliphatic rings. The van der Waals surface area contributed by atoms with Crippen molar-refractivity contribution >= 4 is 39.5 Å². The number of halogens is 2. The van der Waals surface area contributed by atoms with Gasteiger partial charge in [0.1, 0.15) is 5.15 Å². The smallest absolute Gasteiger partial charge is 0.409 e. The second-order valence-corrected chi connectivity index (χ2v) is 5.74. The molecular weight excluding hydrogens is 362 g/mol. The lowest BCUT2D eigenvalue weighted by Gasteiger charge is -2.34. The van der Waals surface area contributed by atoms with Crippen LogP contribution in [0.25, 0.3) is 0 Å². The van der Waals surface area contributed by atoms with Gasteiger partial charge in [-0.3, -0.25) is 4.79 Å². The van der Waals surface area contributed by atoms with Crippen molar-refractivity contribution in [1.82, 2.24) is 14.8 Å². The highest BCUT2D eigenvalue weighted by atomic mass is 79.9. The van der Waals surface area contributed by atoms with E-state index in [1.807, 2.05) is 0 Å². The molecule has 1 aromatic rings. The third kappa shape index (κ3) is 3.85. The lowest BCUT2D eigenvalue weighted by atomic mass is 10.2. The SMILES string of the molecule is CCOC(=O)N1CCN(C(=O)c2cc(Br)cnc2Cl)CC1. The molecule has 0 radical (unpaired) electrons. The van der Waals surface area contributed by atoms with E-state index in [9.17, 15) is 9.59 Å². The molecule has 2 amide bonds. The summed E-state index contributed by atoms with van der Waals surface area (Å²) in [5, 5.41) is 0.177. The van der Waals surface area contributed by atoms with Gasteiger partial charge in [0.05, 0.1) is 12.2 Å². The summed E-state index contributed by atoms with van der Waals surface area (Å²) >= 11 is 9.24. The van der Waals surface area contributed by atoms with E-state index in [-0.39, 0.29) is 17.2 Å². The summed E-state index contributed by atoms with van der Waals surface area (Å²) in [6, 6.07) is 1.65. The normalized spacial score (nSPS) is 15.0. The minimum absolute atomic E-state index is 0.177. The number of aromatic nitrogens is 1. The predicted molar refractivity (Wildman–Crippen MR) is 81.4 cm³/mol. The van der Waals surface area contributed by atoms with Gasteiger partial charge in [0, 0.05) is 36.8 Å². The number of amides is 2. The molecule has 8 heteroatoms. The zero-order chi connectivity index (χ0) is 15.4. The van der Waals surface area contributed by atoms with Crippen molar-refractivity contribution in [2.75, 3.05) is 32.8 Å². The molecule has 1 saturated heterocycles. The van der Waals surface area contributed by atoms with Crippen LogP contribution >= 0.6 is 27.5 Å². The Bertz CT molecular complexity index is 547. The number of carbonyl (C=O) groups excluding carboxylic acids is 2. The maximum atomic E-state index is 12.4. The molecule has 0 saturated carbocycles. The summed E-state index contributed by atoms with van der Waals surface area (Å²) in [7, 11) is 0. The Labute approximate surface area is 136 Å². The first-order chi connectivity index (χ1) is 10.0. The molecule has 0 atom stereocenters. The van der Waals surface area contributed by atoms with Crippen molar-refractivity contribution in [3.8, 4) is 0 Å². The Balaban J connectivity index is 2.00. The van der Waals surface area contributed by atoms with Gasteiger partial charge in [-0.15, -0.1) is 0 Å². The van der Waals surface area contributed by atoms with Gasteiger partial charge in [0.25, 0.3) is 5.91 Å². The Hall–Kier alpha value is -1.34. The maximum Gasteiger partial charge on any atom is 0.409 e. The van der Waals surface area contributed by atoms with E-state index in [4.69, 9.17) is 16.3 Å². The zero-order valence-corrected chi connectivity index (χ0v) is 13.9. The number of piperazine rings is 1. The lowest BCUT2D eigenvalue weighted by Crippen LogP contribution is -2.50. The summed E-state index contributed by atoms with van der Waals surface area (Å²) in [5.41, 5.74) is 0.357. The predicted octanol–water partition coefficient (Wildman–Crippen LogP) is 2.41. The minimum Gasteiger partial charge on any atom is -0.450 e. The topological polar surface area (TPSA) is 62.7 Å². The van der Waals surface area contributed by atoms with E-state index >= 15 is 0 Å². The molecule has 0 aliphatic carbocycles. The van der Waals surface area contributed by atoms with Crippen LogP contribution in [-0.4, -0.2) is 59.6 Å². The quantitative estimate of drug-likeness (QED) is 0.744. The first-order valence-electron chi connectivity index (χ1n) is 6.55. The van der Waals surface area contributed by atoms with Gasteiger partial charge in [0.2, 0.25) is 0 Å². The highest BCUT2D eigenvalue weighted by molar-refractivity contribution is 9.10. The largest absolute Gasteiger partial charge is 0.450 e. The monoisotopic (exact) mass is 375 g/mol. The molecule has 0 N–H and O–H groups in total. The minimum atomic E-state index is -0.341. The highest BCUT2D eigenvalue weighted by Gasteiger charge is 2.26. The van der Waals surface area contributed by atoms with Gasteiger partial charge in [-0.05, 0) is 28.9 Å². The number of nitrogens with zero attached hydrogens (tertiary/aromatic N) is 3. The second-order valence-electron chi connectivity index (χ2n) is 4.47. The van der Waals surface area contributed by atoms with Gasteiger partial charge < -0.3 is 14.5 Å². The summed E-state index contributed by atoms with van der Waals surface area (Å²) in [4.78, 5) is 31.2. The molecule has 0 spiro atoms. The Kier molecular flexibility index (Phi) is 5.41. The van der Waals surface area contributed by atoms with Crippen LogP contribution in [0, 0.1) is 0 Å². The van der Waals surface area contributed by atoms with E-state index in [0.29, 0.717) is 42.8 Å². The summed E-state index contributed by atoms with van der Waals surface area (Å²) < 4.78 is 5.64. The van der Waals surface area contributed by atoms with Crippen molar-refractivity contribution in [1.29, 1.82) is 0 Å². The Morgan fingerprint density at radius 1 is 1.33 bits per heavy atom. The average Bonchev–Trinajstić information content (AvgIpc) is 2.49. The molecule has 1 fully saturated rings. The molecule has 2 rings (SSSR count). The first kappa shape index (κ1) is 16.0. The lowest BCUT2D eigenvalue weighted by molar-refractivity contribution is 0.0570. The Morgan fingerprint density at radius 3 is 2.57 bits per heavy atom. The number of carbonyl (C=O) groups is 2. The molecule has 2 heterocycles. The zero-order valence-electron chi connectivity index (χ0n) is 11.5. The summed E-state index contributed by atoms with van der Waals surface area (Å²) in [6.07, 6.45) is 1.20. The molecule has 0 aromatic carbocycles. The van der Waals surface area contributed by atoms with Gasteiger partial charge >= 0.3 is 6.09 Å². The van der Waals surface area contributed by atoms with Gasteiger partial charge in [-0.25, -0.2) is 9.78 Å². The standard InChI is InChI=1S/C13H15BrClN3O3/c1-2-21-13(20)18-5-3-17(4-6-18)12(19)10-7-9(14)8-16-11(10)15/h7-8H,2-6H2,1H3. The van der Waals surface area contributed by atoms with Crippen LogP contribution < -0.4 is 0 Å². The number of rotatable bonds is 2. The fourth-order valence-corrected chi connectivity index (χ4v) is 2.57. The number of ether oxygens (including phenoxy) is 1. The van der Waals surface area contributed by atoms with Gasteiger partial charge in [-0.1, -0.05) is 11.6 Å². The highest BCUT2D eigenvalue weighted by Crippen LogP contribution is 2.20. The average molecular weight is 377 g/mol. The fourth-order valence-electron chi connectivity index (χ4n) is 2.05. The molecule has 1 aromatic heterocycles. The molecule has 0 unspecified atom stereocenters. The molecule has 21 heavy (non-hydrogen) atoms. The third-order valence-electron chi connectivity index (χ3n) is 3.13. The van der Waals surface area contributed by atoms with Crippen LogP contribution in [0.3, 0.4) is 0 Å². The van der Waals surface area contributed by atoms with Gasteiger partial charge in [0.15, 0.2) is 0 Å². The van der Waals surface area contributed by atoms with E-state index in [2.05, 4.69) is 20.9 Å². The van der Waals surface area contributed by atoms with Crippen LogP contribution in [-0.2, 0) is 4.74 Å². The summed E-state index contributed by atoms with van der Waals surface area (Å²) in [5.74, 6) is -0.183. The Morgan fingerprint density at radius 2 is 1.95 bits per heavy atom. The van der Waals surface area contributed by atoms with Crippen LogP contribution in [0.2, 0.25) is 5.15 Å². The summed E-state index contributed by atoms with van der Waals surface area (Å²) in [6.45, 7) is 3.89. The van der Waals surface area contributed by atoms with E-state index in [1.54, 1.807) is 22.8 Å². The van der Waals surface area contributed by atoms with Crippen LogP contribution in [0.1, 0.15) is 17.3 Å². The van der Waals surface area contributed by atoms with E-state index in [1.165, 1.54) is 6.20 Å². The molecular formula is C13H15BrClN3O3. The molecule has 1 aliphatic heterocycles. The number of hydrogen-bond acceptors (Lipinski definition) is 4. The number of pyridine rings is 1.